The summed E-state index contributed by atoms with van der Waals surface area (Å²) in [5.74, 6) is -1.29. The highest BCUT2D eigenvalue weighted by Gasteiger charge is 2.42. The zero-order valence-electron chi connectivity index (χ0n) is 24.1. The number of ether oxygens (including phenoxy) is 2. The fourth-order valence-electron chi connectivity index (χ4n) is 6.42. The predicted octanol–water partition coefficient (Wildman–Crippen LogP) is 3.72. The van der Waals surface area contributed by atoms with Crippen LogP contribution in [0.25, 0.3) is 11.3 Å². The van der Waals surface area contributed by atoms with Gasteiger partial charge in [0.1, 0.15) is 29.7 Å². The molecule has 0 radical (unpaired) electrons. The van der Waals surface area contributed by atoms with Crippen molar-refractivity contribution in [3.05, 3.63) is 77.8 Å². The van der Waals surface area contributed by atoms with Crippen molar-refractivity contribution in [2.45, 2.75) is 37.7 Å². The van der Waals surface area contributed by atoms with E-state index in [0.717, 1.165) is 23.8 Å². The number of carbonyl (C=O) groups excluding carboxylic acids is 1. The molecule has 1 amide bonds. The van der Waals surface area contributed by atoms with Crippen LogP contribution in [0.15, 0.2) is 54.7 Å². The van der Waals surface area contributed by atoms with Gasteiger partial charge in [-0.15, -0.1) is 0 Å². The molecule has 0 saturated carbocycles. The van der Waals surface area contributed by atoms with Crippen molar-refractivity contribution in [1.82, 2.24) is 25.1 Å². The zero-order chi connectivity index (χ0) is 29.8. The number of benzene rings is 2. The minimum absolute atomic E-state index is 0.0419. The van der Waals surface area contributed by atoms with Gasteiger partial charge in [-0.25, -0.2) is 18.2 Å². The molecule has 0 spiro atoms. The van der Waals surface area contributed by atoms with E-state index in [1.807, 2.05) is 34.9 Å². The van der Waals surface area contributed by atoms with Gasteiger partial charge < -0.3 is 29.6 Å². The molecular weight excluding hydrogens is 559 g/mol. The SMILES string of the molecule is O=C([C@H]1CNCCO1)N(C[C@@H]1CNC[C@@H]1F)[C@@H](c1nc(-c2cc(F)ccc2F)cn1Cc1ccccc1)C1CCOCC1. The molecular formula is C32H38F3N5O3. The second-order valence-corrected chi connectivity index (χ2v) is 11.6. The first-order valence-corrected chi connectivity index (χ1v) is 15.1. The third-order valence-corrected chi connectivity index (χ3v) is 8.69. The van der Waals surface area contributed by atoms with Crippen LogP contribution in [0.3, 0.4) is 0 Å². The molecule has 3 aromatic rings. The van der Waals surface area contributed by atoms with Crippen LogP contribution in [0, 0.1) is 23.5 Å². The molecule has 8 nitrogen and oxygen atoms in total. The lowest BCUT2D eigenvalue weighted by atomic mass is 9.88. The Kier molecular flexibility index (Phi) is 9.42. The van der Waals surface area contributed by atoms with Crippen LogP contribution in [0.4, 0.5) is 13.2 Å². The van der Waals surface area contributed by atoms with Crippen LogP contribution in [0.1, 0.15) is 30.3 Å². The van der Waals surface area contributed by atoms with E-state index in [1.165, 1.54) is 0 Å². The second kappa shape index (κ2) is 13.6. The van der Waals surface area contributed by atoms with E-state index in [9.17, 15) is 9.18 Å². The highest BCUT2D eigenvalue weighted by molar-refractivity contribution is 5.82. The Morgan fingerprint density at radius 1 is 1.05 bits per heavy atom. The van der Waals surface area contributed by atoms with Crippen LogP contribution in [0.5, 0.6) is 0 Å². The summed E-state index contributed by atoms with van der Waals surface area (Å²) in [4.78, 5) is 21.0. The number of nitrogens with one attached hydrogen (secondary N) is 2. The number of hydrogen-bond donors (Lipinski definition) is 2. The van der Waals surface area contributed by atoms with Gasteiger partial charge in [-0.1, -0.05) is 30.3 Å². The summed E-state index contributed by atoms with van der Waals surface area (Å²) < 4.78 is 58.0. The number of nitrogens with zero attached hydrogens (tertiary/aromatic N) is 3. The van der Waals surface area contributed by atoms with Crippen molar-refractivity contribution in [1.29, 1.82) is 0 Å². The number of hydrogen-bond acceptors (Lipinski definition) is 6. The molecule has 1 aromatic heterocycles. The number of carbonyl (C=O) groups is 1. The number of morpholine rings is 1. The second-order valence-electron chi connectivity index (χ2n) is 11.6. The fourth-order valence-corrected chi connectivity index (χ4v) is 6.42. The van der Waals surface area contributed by atoms with E-state index in [2.05, 4.69) is 10.6 Å². The monoisotopic (exact) mass is 597 g/mol. The molecule has 3 aliphatic rings. The van der Waals surface area contributed by atoms with Crippen LogP contribution < -0.4 is 10.6 Å². The molecule has 11 heteroatoms. The summed E-state index contributed by atoms with van der Waals surface area (Å²) >= 11 is 0. The fraction of sp³-hybridized carbons (Fsp3) is 0.500. The van der Waals surface area contributed by atoms with Gasteiger partial charge in [0.15, 0.2) is 0 Å². The first-order valence-electron chi connectivity index (χ1n) is 15.1. The standard InChI is InChI=1S/C32H38F3N5O3/c33-24-6-7-26(34)25(14-24)28-20-39(18-21-4-2-1-3-5-21)31(38-28)30(22-8-11-42-12-9-22)40(19-23-15-37-16-27(23)35)32(41)29-17-36-10-13-43-29/h1-7,14,20,22-23,27,29-30,36-37H,8-13,15-19H2/t23-,27-,29+,30+/m0/s1. The van der Waals surface area contributed by atoms with Gasteiger partial charge in [0.05, 0.1) is 18.3 Å². The molecule has 4 atom stereocenters. The lowest BCUT2D eigenvalue weighted by molar-refractivity contribution is -0.151. The van der Waals surface area contributed by atoms with E-state index < -0.39 is 35.9 Å². The maximum absolute atomic E-state index is 15.1. The number of rotatable bonds is 9. The summed E-state index contributed by atoms with van der Waals surface area (Å²) in [6.07, 6.45) is 1.24. The van der Waals surface area contributed by atoms with E-state index >= 15 is 8.78 Å². The van der Waals surface area contributed by atoms with Crippen LogP contribution in [0.2, 0.25) is 0 Å². The van der Waals surface area contributed by atoms with Gasteiger partial charge >= 0.3 is 0 Å². The highest BCUT2D eigenvalue weighted by atomic mass is 19.1. The first kappa shape index (κ1) is 29.8. The molecule has 2 aromatic carbocycles. The number of alkyl halides is 1. The first-order chi connectivity index (χ1) is 21.0. The third kappa shape index (κ3) is 6.80. The highest BCUT2D eigenvalue weighted by Crippen LogP contribution is 2.38. The third-order valence-electron chi connectivity index (χ3n) is 8.69. The van der Waals surface area contributed by atoms with E-state index in [-0.39, 0.29) is 36.2 Å². The molecule has 3 aliphatic heterocycles. The van der Waals surface area contributed by atoms with Crippen molar-refractivity contribution in [3.63, 3.8) is 0 Å². The Morgan fingerprint density at radius 2 is 1.86 bits per heavy atom. The number of aromatic nitrogens is 2. The smallest absolute Gasteiger partial charge is 0.253 e. The van der Waals surface area contributed by atoms with Crippen molar-refractivity contribution < 1.29 is 27.4 Å². The quantitative estimate of drug-likeness (QED) is 0.392. The Balaban J connectivity index is 1.48. The normalized spacial score (nSPS) is 23.7. The summed E-state index contributed by atoms with van der Waals surface area (Å²) in [5, 5.41) is 6.35. The molecule has 6 rings (SSSR count). The molecule has 0 aliphatic carbocycles. The molecule has 3 fully saturated rings. The van der Waals surface area contributed by atoms with Crippen molar-refractivity contribution in [3.8, 4) is 11.3 Å². The Bertz CT molecular complexity index is 1380. The Labute approximate surface area is 249 Å². The van der Waals surface area contributed by atoms with Gasteiger partial charge in [-0.2, -0.15) is 0 Å². The lowest BCUT2D eigenvalue weighted by Gasteiger charge is -2.41. The molecule has 230 valence electrons. The largest absolute Gasteiger partial charge is 0.381 e. The van der Waals surface area contributed by atoms with E-state index in [1.54, 1.807) is 11.1 Å². The van der Waals surface area contributed by atoms with E-state index in [4.69, 9.17) is 14.5 Å². The van der Waals surface area contributed by atoms with Gasteiger partial charge in [0.2, 0.25) is 0 Å². The minimum Gasteiger partial charge on any atom is -0.381 e. The van der Waals surface area contributed by atoms with Gasteiger partial charge in [0.25, 0.3) is 5.91 Å². The minimum atomic E-state index is -1.10. The molecule has 0 unspecified atom stereocenters. The molecule has 4 heterocycles. The molecule has 43 heavy (non-hydrogen) atoms. The molecule has 2 N–H and O–H groups in total. The summed E-state index contributed by atoms with van der Waals surface area (Å²) in [6.45, 7) is 3.71. The maximum Gasteiger partial charge on any atom is 0.253 e. The number of halogens is 3. The van der Waals surface area contributed by atoms with Crippen LogP contribution >= 0.6 is 0 Å². The molecule has 0 bridgehead atoms. The Morgan fingerprint density at radius 3 is 2.58 bits per heavy atom. The average Bonchev–Trinajstić information content (AvgIpc) is 3.64. The summed E-state index contributed by atoms with van der Waals surface area (Å²) in [6, 6.07) is 12.5. The lowest BCUT2D eigenvalue weighted by Crippen LogP contribution is -2.53. The van der Waals surface area contributed by atoms with E-state index in [0.29, 0.717) is 64.7 Å². The van der Waals surface area contributed by atoms with Crippen LogP contribution in [-0.2, 0) is 20.8 Å². The predicted molar refractivity (Wildman–Crippen MR) is 155 cm³/mol. The molecule has 3 saturated heterocycles. The number of imidazole rings is 1. The average molecular weight is 598 g/mol. The Hall–Kier alpha value is -3.25. The van der Waals surface area contributed by atoms with Crippen molar-refractivity contribution in [2.75, 3.05) is 52.5 Å². The van der Waals surface area contributed by atoms with Crippen molar-refractivity contribution >= 4 is 5.91 Å². The number of amides is 1. The zero-order valence-corrected chi connectivity index (χ0v) is 24.1. The van der Waals surface area contributed by atoms with Gasteiger partial charge in [0, 0.05) is 70.2 Å². The van der Waals surface area contributed by atoms with Gasteiger partial charge in [-0.3, -0.25) is 4.79 Å². The van der Waals surface area contributed by atoms with Crippen molar-refractivity contribution in [2.24, 2.45) is 11.8 Å². The summed E-state index contributed by atoms with van der Waals surface area (Å²) in [7, 11) is 0. The maximum atomic E-state index is 15.1. The topological polar surface area (TPSA) is 80.7 Å². The van der Waals surface area contributed by atoms with Crippen LogP contribution in [-0.4, -0.2) is 85.2 Å². The van der Waals surface area contributed by atoms with Gasteiger partial charge in [-0.05, 0) is 42.5 Å². The summed E-state index contributed by atoms with van der Waals surface area (Å²) in [5.41, 5.74) is 1.30.